The molecule has 3 N–H and O–H groups in total. The third-order valence-electron chi connectivity index (χ3n) is 4.00. The lowest BCUT2D eigenvalue weighted by atomic mass is 9.96. The molecular weight excluding hydrogens is 264 g/mol. The summed E-state index contributed by atoms with van der Waals surface area (Å²) in [6.07, 6.45) is 9.43. The lowest BCUT2D eigenvalue weighted by Gasteiger charge is -2.21. The molecule has 116 valence electrons. The van der Waals surface area contributed by atoms with Crippen LogP contribution in [-0.2, 0) is 11.3 Å². The topological polar surface area (TPSA) is 64.4 Å². The van der Waals surface area contributed by atoms with Crippen LogP contribution in [0.25, 0.3) is 0 Å². The smallest absolute Gasteiger partial charge is 0.255 e. The van der Waals surface area contributed by atoms with E-state index in [9.17, 15) is 4.79 Å². The van der Waals surface area contributed by atoms with Gasteiger partial charge in [0.25, 0.3) is 5.91 Å². The maximum Gasteiger partial charge on any atom is 0.255 e. The first kappa shape index (κ1) is 15.8. The molecule has 0 aromatic heterocycles. The van der Waals surface area contributed by atoms with Gasteiger partial charge in [-0.15, -0.1) is 0 Å². The summed E-state index contributed by atoms with van der Waals surface area (Å²) < 4.78 is 5.25. The predicted octanol–water partition coefficient (Wildman–Crippen LogP) is 2.75. The van der Waals surface area contributed by atoms with Gasteiger partial charge in [-0.05, 0) is 30.5 Å². The molecule has 1 aliphatic rings. The Morgan fingerprint density at radius 1 is 1.10 bits per heavy atom. The lowest BCUT2D eigenvalue weighted by Crippen LogP contribution is -2.29. The Morgan fingerprint density at radius 2 is 1.71 bits per heavy atom. The number of rotatable bonds is 6. The van der Waals surface area contributed by atoms with Crippen molar-refractivity contribution in [3.8, 4) is 5.75 Å². The lowest BCUT2D eigenvalue weighted by molar-refractivity contribution is -0.119. The summed E-state index contributed by atoms with van der Waals surface area (Å²) in [4.78, 5) is 10.7. The van der Waals surface area contributed by atoms with E-state index < -0.39 is 5.91 Å². The molecular formula is C17H26N2O2. The standard InChI is InChI=1S/C17H26N2O2/c18-17(20)13-21-16-10-8-14(9-11-16)12-19-15-6-4-2-1-3-5-7-15/h8-11,15,19H,1-7,12-13H2,(H2,18,20). The average molecular weight is 290 g/mol. The van der Waals surface area contributed by atoms with Gasteiger partial charge in [0.2, 0.25) is 0 Å². The molecule has 1 fully saturated rings. The molecule has 0 bridgehead atoms. The van der Waals surface area contributed by atoms with Crippen LogP contribution in [0.2, 0.25) is 0 Å². The second kappa shape index (κ2) is 8.67. The van der Waals surface area contributed by atoms with Crippen LogP contribution in [0.3, 0.4) is 0 Å². The number of ether oxygens (including phenoxy) is 1. The van der Waals surface area contributed by atoms with Crippen LogP contribution in [0.5, 0.6) is 5.75 Å². The minimum Gasteiger partial charge on any atom is -0.484 e. The maximum absolute atomic E-state index is 10.7. The van der Waals surface area contributed by atoms with Crippen LogP contribution >= 0.6 is 0 Å². The SMILES string of the molecule is NC(=O)COc1ccc(CNC2CCCCCCC2)cc1. The maximum atomic E-state index is 10.7. The molecule has 1 amide bonds. The van der Waals surface area contributed by atoms with Crippen LogP contribution in [-0.4, -0.2) is 18.6 Å². The highest BCUT2D eigenvalue weighted by molar-refractivity contribution is 5.75. The van der Waals surface area contributed by atoms with Crippen molar-refractivity contribution in [3.63, 3.8) is 0 Å². The number of hydrogen-bond acceptors (Lipinski definition) is 3. The third-order valence-corrected chi connectivity index (χ3v) is 4.00. The number of nitrogens with one attached hydrogen (secondary N) is 1. The summed E-state index contributed by atoms with van der Waals surface area (Å²) in [5.74, 6) is 0.230. The highest BCUT2D eigenvalue weighted by atomic mass is 16.5. The van der Waals surface area contributed by atoms with Crippen molar-refractivity contribution in [1.29, 1.82) is 0 Å². The normalized spacial score (nSPS) is 17.0. The molecule has 0 heterocycles. The van der Waals surface area contributed by atoms with Crippen LogP contribution < -0.4 is 15.8 Å². The number of hydrogen-bond donors (Lipinski definition) is 2. The molecule has 21 heavy (non-hydrogen) atoms. The Morgan fingerprint density at radius 3 is 2.33 bits per heavy atom. The van der Waals surface area contributed by atoms with Gasteiger partial charge in [0.1, 0.15) is 5.75 Å². The predicted molar refractivity (Wildman–Crippen MR) is 84.1 cm³/mol. The zero-order valence-electron chi connectivity index (χ0n) is 12.6. The Bertz CT molecular complexity index is 423. The van der Waals surface area contributed by atoms with E-state index in [2.05, 4.69) is 5.32 Å². The quantitative estimate of drug-likeness (QED) is 0.846. The van der Waals surface area contributed by atoms with Gasteiger partial charge in [0.05, 0.1) is 0 Å². The first-order valence-electron chi connectivity index (χ1n) is 7.97. The highest BCUT2D eigenvalue weighted by Crippen LogP contribution is 2.18. The van der Waals surface area contributed by atoms with Crippen molar-refractivity contribution in [3.05, 3.63) is 29.8 Å². The van der Waals surface area contributed by atoms with Gasteiger partial charge >= 0.3 is 0 Å². The second-order valence-corrected chi connectivity index (χ2v) is 5.82. The number of carbonyl (C=O) groups excluding carboxylic acids is 1. The van der Waals surface area contributed by atoms with Gasteiger partial charge in [0, 0.05) is 12.6 Å². The summed E-state index contributed by atoms with van der Waals surface area (Å²) in [5, 5.41) is 3.66. The minimum absolute atomic E-state index is 0.0698. The van der Waals surface area contributed by atoms with E-state index in [1.54, 1.807) is 0 Å². The van der Waals surface area contributed by atoms with Gasteiger partial charge in [0.15, 0.2) is 6.61 Å². The fourth-order valence-electron chi connectivity index (χ4n) is 2.78. The second-order valence-electron chi connectivity index (χ2n) is 5.82. The average Bonchev–Trinajstić information content (AvgIpc) is 2.45. The Hall–Kier alpha value is -1.55. The minimum atomic E-state index is -0.454. The van der Waals surface area contributed by atoms with E-state index >= 15 is 0 Å². The van der Waals surface area contributed by atoms with E-state index in [-0.39, 0.29) is 6.61 Å². The summed E-state index contributed by atoms with van der Waals surface area (Å²) in [6, 6.07) is 8.49. The first-order valence-corrected chi connectivity index (χ1v) is 7.97. The molecule has 0 aliphatic heterocycles. The monoisotopic (exact) mass is 290 g/mol. The number of primary amides is 1. The highest BCUT2D eigenvalue weighted by Gasteiger charge is 2.10. The first-order chi connectivity index (χ1) is 10.2. The third kappa shape index (κ3) is 6.17. The molecule has 1 aromatic rings. The summed E-state index contributed by atoms with van der Waals surface area (Å²) in [6.45, 7) is 0.820. The van der Waals surface area contributed by atoms with Crippen LogP contribution in [0, 0.1) is 0 Å². The molecule has 1 saturated carbocycles. The number of carbonyl (C=O) groups is 1. The molecule has 4 nitrogen and oxygen atoms in total. The number of amides is 1. The van der Waals surface area contributed by atoms with E-state index in [0.717, 1.165) is 6.54 Å². The number of nitrogens with two attached hydrogens (primary N) is 1. The van der Waals surface area contributed by atoms with E-state index in [4.69, 9.17) is 10.5 Å². The molecule has 1 aliphatic carbocycles. The molecule has 4 heteroatoms. The molecule has 1 aromatic carbocycles. The van der Waals surface area contributed by atoms with Gasteiger partial charge in [-0.2, -0.15) is 0 Å². The summed E-state index contributed by atoms with van der Waals surface area (Å²) in [7, 11) is 0. The summed E-state index contributed by atoms with van der Waals surface area (Å²) in [5.41, 5.74) is 6.29. The van der Waals surface area contributed by atoms with Gasteiger partial charge < -0.3 is 15.8 Å². The van der Waals surface area contributed by atoms with Crippen LogP contribution in [0.4, 0.5) is 0 Å². The van der Waals surface area contributed by atoms with Crippen molar-refractivity contribution < 1.29 is 9.53 Å². The Balaban J connectivity index is 1.75. The zero-order valence-corrected chi connectivity index (χ0v) is 12.6. The molecule has 2 rings (SSSR count). The fourth-order valence-corrected chi connectivity index (χ4v) is 2.78. The van der Waals surface area contributed by atoms with Crippen molar-refractivity contribution in [2.24, 2.45) is 5.73 Å². The van der Waals surface area contributed by atoms with Gasteiger partial charge in [-0.3, -0.25) is 4.79 Å². The van der Waals surface area contributed by atoms with Gasteiger partial charge in [-0.25, -0.2) is 0 Å². The largest absolute Gasteiger partial charge is 0.484 e. The Labute approximate surface area is 127 Å². The van der Waals surface area contributed by atoms with Gasteiger partial charge in [-0.1, -0.05) is 44.2 Å². The fraction of sp³-hybridized carbons (Fsp3) is 0.588. The van der Waals surface area contributed by atoms with Crippen molar-refractivity contribution in [1.82, 2.24) is 5.32 Å². The summed E-state index contributed by atoms with van der Waals surface area (Å²) >= 11 is 0. The van der Waals surface area contributed by atoms with E-state index in [1.807, 2.05) is 24.3 Å². The number of benzene rings is 1. The van der Waals surface area contributed by atoms with Crippen molar-refractivity contribution >= 4 is 5.91 Å². The van der Waals surface area contributed by atoms with E-state index in [1.165, 1.54) is 50.5 Å². The van der Waals surface area contributed by atoms with E-state index in [0.29, 0.717) is 11.8 Å². The Kier molecular flexibility index (Phi) is 6.54. The molecule has 0 radical (unpaired) electrons. The molecule has 0 spiro atoms. The zero-order chi connectivity index (χ0) is 14.9. The van der Waals surface area contributed by atoms with Crippen LogP contribution in [0.15, 0.2) is 24.3 Å². The van der Waals surface area contributed by atoms with Crippen LogP contribution in [0.1, 0.15) is 50.5 Å². The molecule has 0 unspecified atom stereocenters. The van der Waals surface area contributed by atoms with Crippen molar-refractivity contribution in [2.45, 2.75) is 57.5 Å². The molecule has 0 saturated heterocycles. The van der Waals surface area contributed by atoms with Crippen molar-refractivity contribution in [2.75, 3.05) is 6.61 Å². The molecule has 0 atom stereocenters.